The predicted molar refractivity (Wildman–Crippen MR) is 112 cm³/mol. The number of H-pyrrole nitrogens is 2. The van der Waals surface area contributed by atoms with Gasteiger partial charge >= 0.3 is 0 Å². The molecule has 0 radical (unpaired) electrons. The fourth-order valence-corrected chi connectivity index (χ4v) is 4.63. The van der Waals surface area contributed by atoms with E-state index in [1.807, 2.05) is 0 Å². The zero-order chi connectivity index (χ0) is 20.0. The lowest BCUT2D eigenvalue weighted by Crippen LogP contribution is -2.03. The Bertz CT molecular complexity index is 1440. The number of ether oxygens (including phenoxy) is 2. The van der Waals surface area contributed by atoms with Crippen molar-refractivity contribution in [2.24, 2.45) is 0 Å². The van der Waals surface area contributed by atoms with Gasteiger partial charge in [0.1, 0.15) is 24.7 Å². The summed E-state index contributed by atoms with van der Waals surface area (Å²) >= 11 is 19.2. The zero-order valence-corrected chi connectivity index (χ0v) is 18.2. The molecule has 0 saturated carbocycles. The van der Waals surface area contributed by atoms with Crippen LogP contribution in [0.15, 0.2) is 18.2 Å². The molecule has 148 valence electrons. The fourth-order valence-electron chi connectivity index (χ4n) is 2.52. The van der Waals surface area contributed by atoms with Crippen LogP contribution in [0.1, 0.15) is 11.6 Å². The lowest BCUT2D eigenvalue weighted by Gasteiger charge is -2.09. The number of hydrogen-bond donors (Lipinski definition) is 2. The van der Waals surface area contributed by atoms with Gasteiger partial charge in [-0.1, -0.05) is 34.3 Å². The molecule has 29 heavy (non-hydrogen) atoms. The van der Waals surface area contributed by atoms with E-state index in [0.717, 1.165) is 0 Å². The second kappa shape index (κ2) is 7.46. The van der Waals surface area contributed by atoms with E-state index >= 15 is 0 Å². The minimum absolute atomic E-state index is 0.179. The third-order valence-electron chi connectivity index (χ3n) is 3.80. The molecule has 4 aromatic heterocycles. The first-order valence-electron chi connectivity index (χ1n) is 7.98. The Labute approximate surface area is 184 Å². The molecule has 0 aliphatic rings. The van der Waals surface area contributed by atoms with E-state index in [1.165, 1.54) is 22.7 Å². The summed E-state index contributed by atoms with van der Waals surface area (Å²) in [6.45, 7) is 0.382. The first-order valence-corrected chi connectivity index (χ1v) is 10.8. The molecule has 2 N–H and O–H groups in total. The topological polar surface area (TPSA) is 110 Å². The van der Waals surface area contributed by atoms with Crippen molar-refractivity contribution >= 4 is 68.6 Å². The maximum Gasteiger partial charge on any atom is 0.233 e. The Morgan fingerprint density at radius 3 is 2.07 bits per heavy atom. The Hall–Kier alpha value is -2.39. The molecule has 1 aromatic carbocycles. The Balaban J connectivity index is 1.27. The molecule has 0 unspecified atom stereocenters. The number of nitrogens with one attached hydrogen (secondary N) is 2. The highest BCUT2D eigenvalue weighted by molar-refractivity contribution is 7.73. The highest BCUT2D eigenvalue weighted by Crippen LogP contribution is 2.30. The summed E-state index contributed by atoms with van der Waals surface area (Å²) in [4.78, 5) is 1.36. The number of hydrogen-bond acceptors (Lipinski definition) is 10. The van der Waals surface area contributed by atoms with Gasteiger partial charge in [-0.25, -0.2) is 9.03 Å². The third-order valence-corrected chi connectivity index (χ3v) is 6.23. The molecule has 0 atom stereocenters. The van der Waals surface area contributed by atoms with Gasteiger partial charge in [-0.05, 0) is 36.6 Å². The van der Waals surface area contributed by atoms with E-state index in [9.17, 15) is 0 Å². The van der Waals surface area contributed by atoms with Crippen LogP contribution in [-0.2, 0) is 13.2 Å². The second-order valence-electron chi connectivity index (χ2n) is 5.64. The van der Waals surface area contributed by atoms with E-state index in [4.69, 9.17) is 45.5 Å². The Morgan fingerprint density at radius 1 is 0.897 bits per heavy atom. The molecule has 0 spiro atoms. The van der Waals surface area contributed by atoms with E-state index < -0.39 is 0 Å². The minimum atomic E-state index is 0.179. The lowest BCUT2D eigenvalue weighted by atomic mass is 10.3. The van der Waals surface area contributed by atoms with Crippen molar-refractivity contribution in [3.63, 3.8) is 0 Å². The van der Waals surface area contributed by atoms with Crippen molar-refractivity contribution < 1.29 is 9.47 Å². The molecular weight excluding hydrogens is 476 g/mol. The summed E-state index contributed by atoms with van der Waals surface area (Å²) in [6.07, 6.45) is 0. The van der Waals surface area contributed by atoms with Gasteiger partial charge in [0.25, 0.3) is 0 Å². The number of benzene rings is 1. The number of aromatic amines is 2. The molecule has 0 aliphatic heterocycles. The highest BCUT2D eigenvalue weighted by Gasteiger charge is 2.12. The Kier molecular flexibility index (Phi) is 4.79. The summed E-state index contributed by atoms with van der Waals surface area (Å²) in [5.74, 6) is 2.26. The van der Waals surface area contributed by atoms with Crippen LogP contribution in [0, 0.1) is 7.91 Å². The van der Waals surface area contributed by atoms with E-state index in [2.05, 4.69) is 30.6 Å². The van der Waals surface area contributed by atoms with Crippen molar-refractivity contribution in [2.45, 2.75) is 13.2 Å². The largest absolute Gasteiger partial charge is 0.485 e. The van der Waals surface area contributed by atoms with Gasteiger partial charge in [-0.15, -0.1) is 20.4 Å². The molecule has 4 heterocycles. The molecule has 0 saturated heterocycles. The maximum absolute atomic E-state index is 6.33. The van der Waals surface area contributed by atoms with Crippen molar-refractivity contribution in [3.05, 3.63) is 42.8 Å². The van der Waals surface area contributed by atoms with Crippen LogP contribution < -0.4 is 9.47 Å². The third kappa shape index (κ3) is 3.64. The van der Waals surface area contributed by atoms with Crippen LogP contribution in [0.3, 0.4) is 0 Å². The lowest BCUT2D eigenvalue weighted by molar-refractivity contribution is 0.284. The van der Waals surface area contributed by atoms with Gasteiger partial charge in [-0.3, -0.25) is 10.2 Å². The Morgan fingerprint density at radius 2 is 1.48 bits per heavy atom. The van der Waals surface area contributed by atoms with Gasteiger partial charge in [0, 0.05) is 6.07 Å². The number of aromatic nitrogens is 8. The molecule has 5 aromatic rings. The van der Waals surface area contributed by atoms with Gasteiger partial charge < -0.3 is 9.47 Å². The number of fused-ring (bicyclic) bond motifs is 2. The monoisotopic (exact) mass is 484 g/mol. The number of rotatable bonds is 6. The van der Waals surface area contributed by atoms with Crippen LogP contribution in [0.2, 0.25) is 5.02 Å². The van der Waals surface area contributed by atoms with E-state index in [1.54, 1.807) is 27.2 Å². The molecule has 5 rings (SSSR count). The van der Waals surface area contributed by atoms with Gasteiger partial charge in [-0.2, -0.15) is 0 Å². The molecule has 0 fully saturated rings. The molecular formula is C14H9ClN8O2S4. The smallest absolute Gasteiger partial charge is 0.233 e. The van der Waals surface area contributed by atoms with Crippen LogP contribution in [0.4, 0.5) is 0 Å². The minimum Gasteiger partial charge on any atom is -0.485 e. The maximum atomic E-state index is 6.33. The molecule has 0 bridgehead atoms. The van der Waals surface area contributed by atoms with Crippen LogP contribution in [0.5, 0.6) is 11.5 Å². The molecule has 10 nitrogen and oxygen atoms in total. The summed E-state index contributed by atoms with van der Waals surface area (Å²) < 4.78 is 16.1. The van der Waals surface area contributed by atoms with Crippen LogP contribution >= 0.6 is 58.7 Å². The van der Waals surface area contributed by atoms with Gasteiger partial charge in [0.05, 0.1) is 5.02 Å². The first kappa shape index (κ1) is 18.6. The average Bonchev–Trinajstić information content (AvgIpc) is 3.41. The highest BCUT2D eigenvalue weighted by atomic mass is 35.5. The summed E-state index contributed by atoms with van der Waals surface area (Å²) in [5, 5.41) is 22.6. The van der Waals surface area contributed by atoms with Gasteiger partial charge in [0.2, 0.25) is 9.92 Å². The van der Waals surface area contributed by atoms with Crippen LogP contribution in [0.25, 0.3) is 9.92 Å². The van der Waals surface area contributed by atoms with E-state index in [0.29, 0.717) is 46.0 Å². The number of halogens is 1. The first-order chi connectivity index (χ1) is 14.1. The summed E-state index contributed by atoms with van der Waals surface area (Å²) in [5.41, 5.74) is 0. The van der Waals surface area contributed by atoms with Crippen molar-refractivity contribution in [2.75, 3.05) is 0 Å². The zero-order valence-electron chi connectivity index (χ0n) is 14.2. The number of nitrogens with zero attached hydrogens (tertiary/aromatic N) is 6. The van der Waals surface area contributed by atoms with Crippen LogP contribution in [-0.4, -0.2) is 39.6 Å². The fraction of sp³-hybridized carbons (Fsp3) is 0.143. The molecule has 15 heteroatoms. The quantitative estimate of drug-likeness (QED) is 0.350. The van der Waals surface area contributed by atoms with E-state index in [-0.39, 0.29) is 13.2 Å². The molecule has 0 aliphatic carbocycles. The standard InChI is InChI=1S/C14H9ClN8O2S4/c15-7-3-6(24-4-9-16-18-11-22(9)20-13(26)28-11)1-2-8(7)25-5-10-17-19-12-23(10)21-14(27)29-12/h1-3H,4-5H2,(H,20,26)(H,21,27). The predicted octanol–water partition coefficient (Wildman–Crippen LogP) is 3.82. The average molecular weight is 485 g/mol. The SMILES string of the molecule is S=c1[nH]n2c(COc3ccc(OCc4nnc5sc(=S)[nH]n45)c(Cl)c3)nnc2s1. The van der Waals surface area contributed by atoms with Crippen molar-refractivity contribution in [1.82, 2.24) is 39.6 Å². The normalized spacial score (nSPS) is 11.5. The van der Waals surface area contributed by atoms with Gasteiger partial charge in [0.15, 0.2) is 19.6 Å². The molecule has 0 amide bonds. The summed E-state index contributed by atoms with van der Waals surface area (Å²) in [7, 11) is 0. The van der Waals surface area contributed by atoms with Crippen molar-refractivity contribution in [1.29, 1.82) is 0 Å². The van der Waals surface area contributed by atoms with Crippen molar-refractivity contribution in [3.8, 4) is 11.5 Å². The second-order valence-corrected chi connectivity index (χ2v) is 9.34. The summed E-state index contributed by atoms with van der Waals surface area (Å²) in [6, 6.07) is 5.15.